The van der Waals surface area contributed by atoms with Gasteiger partial charge in [0.2, 0.25) is 0 Å². The van der Waals surface area contributed by atoms with Crippen LogP contribution in [0.3, 0.4) is 0 Å². The van der Waals surface area contributed by atoms with E-state index in [0.717, 1.165) is 16.5 Å². The lowest BCUT2D eigenvalue weighted by Gasteiger charge is -2.13. The van der Waals surface area contributed by atoms with Gasteiger partial charge in [-0.25, -0.2) is 0 Å². The lowest BCUT2D eigenvalue weighted by atomic mass is 10.1. The van der Waals surface area contributed by atoms with Crippen molar-refractivity contribution in [2.45, 2.75) is 13.3 Å². The summed E-state index contributed by atoms with van der Waals surface area (Å²) in [6.07, 6.45) is 0.722. The molecule has 0 saturated heterocycles. The lowest BCUT2D eigenvalue weighted by molar-refractivity contribution is -0.384. The molecular weight excluding hydrogens is 436 g/mol. The number of rotatable bonds is 7. The van der Waals surface area contributed by atoms with Crippen molar-refractivity contribution < 1.29 is 14.5 Å². The van der Waals surface area contributed by atoms with Crippen LogP contribution in [-0.4, -0.2) is 17.4 Å². The minimum atomic E-state index is -0.467. The van der Waals surface area contributed by atoms with Crippen molar-refractivity contribution >= 4 is 33.2 Å². The van der Waals surface area contributed by atoms with Gasteiger partial charge in [0, 0.05) is 28.7 Å². The Morgan fingerprint density at radius 2 is 1.86 bits per heavy atom. The molecule has 3 aromatic rings. The zero-order chi connectivity index (χ0) is 20.8. The summed E-state index contributed by atoms with van der Waals surface area (Å²) >= 11 is 3.38. The summed E-state index contributed by atoms with van der Waals surface area (Å²) in [6.45, 7) is 2.14. The summed E-state index contributed by atoms with van der Waals surface area (Å²) < 4.78 is 6.61. The van der Waals surface area contributed by atoms with Crippen LogP contribution in [0.4, 0.5) is 11.4 Å². The average molecular weight is 455 g/mol. The van der Waals surface area contributed by atoms with Gasteiger partial charge >= 0.3 is 0 Å². The van der Waals surface area contributed by atoms with Crippen molar-refractivity contribution in [1.82, 2.24) is 0 Å². The number of amides is 1. The Bertz CT molecular complexity index is 1040. The van der Waals surface area contributed by atoms with Gasteiger partial charge in [-0.05, 0) is 42.3 Å². The Kier molecular flexibility index (Phi) is 6.61. The van der Waals surface area contributed by atoms with Crippen LogP contribution >= 0.6 is 15.9 Å². The molecule has 0 aliphatic heterocycles. The zero-order valence-electron chi connectivity index (χ0n) is 15.7. The number of hydrogen-bond donors (Lipinski definition) is 1. The number of nitrogens with one attached hydrogen (secondary N) is 1. The van der Waals surface area contributed by atoms with Crippen LogP contribution in [0.5, 0.6) is 5.75 Å². The molecule has 148 valence electrons. The summed E-state index contributed by atoms with van der Waals surface area (Å²) in [5, 5.41) is 13.7. The molecule has 0 saturated carbocycles. The molecule has 0 heterocycles. The molecule has 0 radical (unpaired) electrons. The van der Waals surface area contributed by atoms with Crippen LogP contribution in [0.25, 0.3) is 0 Å². The monoisotopic (exact) mass is 454 g/mol. The van der Waals surface area contributed by atoms with E-state index in [4.69, 9.17) is 4.74 Å². The number of carbonyl (C=O) groups excluding carboxylic acids is 1. The maximum atomic E-state index is 12.8. The molecule has 29 heavy (non-hydrogen) atoms. The van der Waals surface area contributed by atoms with Crippen molar-refractivity contribution in [2.75, 3.05) is 11.9 Å². The Morgan fingerprint density at radius 1 is 1.10 bits per heavy atom. The van der Waals surface area contributed by atoms with Gasteiger partial charge in [0.25, 0.3) is 11.6 Å². The first-order valence-electron chi connectivity index (χ1n) is 8.96. The summed E-state index contributed by atoms with van der Waals surface area (Å²) in [5.41, 5.74) is 2.63. The van der Waals surface area contributed by atoms with Gasteiger partial charge in [0.05, 0.1) is 17.1 Å². The van der Waals surface area contributed by atoms with Crippen LogP contribution < -0.4 is 10.1 Å². The summed E-state index contributed by atoms with van der Waals surface area (Å²) in [6, 6.07) is 19.5. The van der Waals surface area contributed by atoms with E-state index in [-0.39, 0.29) is 11.6 Å². The number of ether oxygens (including phenoxy) is 1. The number of anilines is 1. The van der Waals surface area contributed by atoms with Gasteiger partial charge in [0.15, 0.2) is 0 Å². The van der Waals surface area contributed by atoms with E-state index in [1.807, 2.05) is 36.4 Å². The highest BCUT2D eigenvalue weighted by molar-refractivity contribution is 9.10. The second-order valence-corrected chi connectivity index (χ2v) is 7.35. The van der Waals surface area contributed by atoms with Gasteiger partial charge in [-0.2, -0.15) is 0 Å². The van der Waals surface area contributed by atoms with Crippen LogP contribution in [0.1, 0.15) is 21.5 Å². The summed E-state index contributed by atoms with van der Waals surface area (Å²) in [7, 11) is 0. The Balaban J connectivity index is 1.74. The number of benzene rings is 3. The van der Waals surface area contributed by atoms with Crippen LogP contribution in [0.2, 0.25) is 0 Å². The predicted octanol–water partition coefficient (Wildman–Crippen LogP) is 5.54. The van der Waals surface area contributed by atoms with Crippen LogP contribution in [-0.2, 0) is 6.42 Å². The molecule has 0 atom stereocenters. The van der Waals surface area contributed by atoms with Crippen molar-refractivity contribution in [3.8, 4) is 5.75 Å². The number of aryl methyl sites for hydroxylation is 1. The molecule has 3 aromatic carbocycles. The average Bonchev–Trinajstić information content (AvgIpc) is 2.71. The fourth-order valence-electron chi connectivity index (χ4n) is 2.82. The fourth-order valence-corrected chi connectivity index (χ4v) is 3.18. The summed E-state index contributed by atoms with van der Waals surface area (Å²) in [4.78, 5) is 23.3. The maximum absolute atomic E-state index is 12.8. The first-order chi connectivity index (χ1) is 13.9. The van der Waals surface area contributed by atoms with Crippen LogP contribution in [0.15, 0.2) is 71.2 Å². The third-order valence-electron chi connectivity index (χ3n) is 4.35. The van der Waals surface area contributed by atoms with Crippen molar-refractivity contribution in [3.05, 3.63) is 98.0 Å². The molecule has 0 aliphatic rings. The number of nitrogens with zero attached hydrogens (tertiary/aromatic N) is 1. The standard InChI is InChI=1S/C22H19BrN2O4/c1-15-13-18(25(27)28)8-9-20(15)24-22(26)19-14-17(23)7-10-21(19)29-12-11-16-5-3-2-4-6-16/h2-10,13-14H,11-12H2,1H3,(H,24,26). The van der Waals surface area contributed by atoms with Gasteiger partial charge in [0.1, 0.15) is 5.75 Å². The molecule has 0 aliphatic carbocycles. The van der Waals surface area contributed by atoms with Gasteiger partial charge < -0.3 is 10.1 Å². The molecule has 7 heteroatoms. The molecule has 1 N–H and O–H groups in total. The van der Waals surface area contributed by atoms with E-state index >= 15 is 0 Å². The summed E-state index contributed by atoms with van der Waals surface area (Å²) in [5.74, 6) is 0.124. The number of non-ortho nitro benzene ring substituents is 1. The third-order valence-corrected chi connectivity index (χ3v) is 4.84. The van der Waals surface area contributed by atoms with E-state index in [9.17, 15) is 14.9 Å². The smallest absolute Gasteiger partial charge is 0.269 e. The van der Waals surface area contributed by atoms with Crippen molar-refractivity contribution in [3.63, 3.8) is 0 Å². The topological polar surface area (TPSA) is 81.5 Å². The van der Waals surface area contributed by atoms with E-state index in [0.29, 0.717) is 29.2 Å². The second kappa shape index (κ2) is 9.34. The molecule has 0 fully saturated rings. The predicted molar refractivity (Wildman–Crippen MR) is 116 cm³/mol. The van der Waals surface area contributed by atoms with Crippen molar-refractivity contribution in [2.24, 2.45) is 0 Å². The maximum Gasteiger partial charge on any atom is 0.269 e. The lowest BCUT2D eigenvalue weighted by Crippen LogP contribution is -2.15. The minimum Gasteiger partial charge on any atom is -0.492 e. The largest absolute Gasteiger partial charge is 0.492 e. The first-order valence-corrected chi connectivity index (χ1v) is 9.76. The zero-order valence-corrected chi connectivity index (χ0v) is 17.3. The van der Waals surface area contributed by atoms with E-state index < -0.39 is 4.92 Å². The third kappa shape index (κ3) is 5.42. The Morgan fingerprint density at radius 3 is 2.55 bits per heavy atom. The molecule has 3 rings (SSSR count). The number of halogens is 1. The van der Waals surface area contributed by atoms with Gasteiger partial charge in [-0.15, -0.1) is 0 Å². The molecule has 0 unspecified atom stereocenters. The highest BCUT2D eigenvalue weighted by Crippen LogP contribution is 2.26. The van der Waals surface area contributed by atoms with Gasteiger partial charge in [-0.3, -0.25) is 14.9 Å². The van der Waals surface area contributed by atoms with E-state index in [2.05, 4.69) is 21.2 Å². The molecule has 0 aromatic heterocycles. The van der Waals surface area contributed by atoms with Crippen LogP contribution in [0, 0.1) is 17.0 Å². The second-order valence-electron chi connectivity index (χ2n) is 6.43. The highest BCUT2D eigenvalue weighted by Gasteiger charge is 2.16. The quantitative estimate of drug-likeness (QED) is 0.375. The number of nitro groups is 1. The van der Waals surface area contributed by atoms with Crippen molar-refractivity contribution in [1.29, 1.82) is 0 Å². The van der Waals surface area contributed by atoms with E-state index in [1.165, 1.54) is 18.2 Å². The number of hydrogen-bond acceptors (Lipinski definition) is 4. The first kappa shape index (κ1) is 20.5. The molecule has 1 amide bonds. The SMILES string of the molecule is Cc1cc([N+](=O)[O-])ccc1NC(=O)c1cc(Br)ccc1OCCc1ccccc1. The molecule has 6 nitrogen and oxygen atoms in total. The van der Waals surface area contributed by atoms with Gasteiger partial charge in [-0.1, -0.05) is 46.3 Å². The molecule has 0 spiro atoms. The normalized spacial score (nSPS) is 10.4. The Hall–Kier alpha value is -3.19. The molecule has 0 bridgehead atoms. The van der Waals surface area contributed by atoms with E-state index in [1.54, 1.807) is 19.1 Å². The fraction of sp³-hybridized carbons (Fsp3) is 0.136. The minimum absolute atomic E-state index is 0.0205. The number of nitro benzene ring substituents is 1. The number of carbonyl (C=O) groups is 1. The molecular formula is C22H19BrN2O4. The Labute approximate surface area is 176 Å². The highest BCUT2D eigenvalue weighted by atomic mass is 79.9.